The molecular formula is C19H31FIN3O2S. The molecule has 0 amide bonds. The summed E-state index contributed by atoms with van der Waals surface area (Å²) in [5, 5.41) is 6.75. The van der Waals surface area contributed by atoms with Gasteiger partial charge in [-0.15, -0.1) is 24.0 Å². The summed E-state index contributed by atoms with van der Waals surface area (Å²) in [5.41, 5.74) is 0. The first-order chi connectivity index (χ1) is 12.6. The molecule has 27 heavy (non-hydrogen) atoms. The van der Waals surface area contributed by atoms with Gasteiger partial charge in [0, 0.05) is 31.6 Å². The van der Waals surface area contributed by atoms with Crippen molar-refractivity contribution in [2.75, 3.05) is 39.1 Å². The summed E-state index contributed by atoms with van der Waals surface area (Å²) in [6.07, 6.45) is 2.04. The fourth-order valence-electron chi connectivity index (χ4n) is 2.91. The third-order valence-electron chi connectivity index (χ3n) is 4.36. The summed E-state index contributed by atoms with van der Waals surface area (Å²) >= 11 is 2.00. The van der Waals surface area contributed by atoms with Gasteiger partial charge >= 0.3 is 0 Å². The number of hydrogen-bond donors (Lipinski definition) is 2. The average Bonchev–Trinajstić information content (AvgIpc) is 2.65. The van der Waals surface area contributed by atoms with Gasteiger partial charge in [0.15, 0.2) is 5.96 Å². The van der Waals surface area contributed by atoms with E-state index in [0.29, 0.717) is 12.3 Å². The molecule has 2 rings (SSSR count). The van der Waals surface area contributed by atoms with Crippen LogP contribution in [0.2, 0.25) is 0 Å². The second kappa shape index (κ2) is 12.7. The van der Waals surface area contributed by atoms with Crippen LogP contribution in [-0.4, -0.2) is 55.9 Å². The molecule has 0 aromatic heterocycles. The zero-order chi connectivity index (χ0) is 18.8. The van der Waals surface area contributed by atoms with Gasteiger partial charge in [-0.1, -0.05) is 6.92 Å². The molecule has 1 atom stereocenters. The molecule has 0 bridgehead atoms. The Hall–Kier alpha value is -0.740. The molecule has 1 aromatic carbocycles. The Morgan fingerprint density at radius 2 is 1.96 bits per heavy atom. The molecule has 0 saturated carbocycles. The first-order valence-corrected chi connectivity index (χ1v) is 10.1. The topological polar surface area (TPSA) is 54.9 Å². The fourth-order valence-corrected chi connectivity index (χ4v) is 4.16. The Labute approximate surface area is 183 Å². The quantitative estimate of drug-likeness (QED) is 0.317. The molecule has 1 aliphatic heterocycles. The number of benzene rings is 1. The maximum atomic E-state index is 12.9. The van der Waals surface area contributed by atoms with E-state index < -0.39 is 0 Å². The van der Waals surface area contributed by atoms with Crippen molar-refractivity contribution < 1.29 is 13.9 Å². The SMILES string of the molecule is CCSC1(CNC(=NC)NCC(C)Oc2ccc(F)cc2)CCOCC1.I. The lowest BCUT2D eigenvalue weighted by Gasteiger charge is -2.37. The summed E-state index contributed by atoms with van der Waals surface area (Å²) in [5.74, 6) is 2.25. The van der Waals surface area contributed by atoms with Crippen molar-refractivity contribution >= 4 is 41.7 Å². The number of nitrogens with zero attached hydrogens (tertiary/aromatic N) is 1. The molecule has 5 nitrogen and oxygen atoms in total. The van der Waals surface area contributed by atoms with Crippen molar-refractivity contribution in [1.82, 2.24) is 10.6 Å². The number of hydrogen-bond acceptors (Lipinski definition) is 4. The molecule has 154 valence electrons. The molecule has 0 radical (unpaired) electrons. The number of rotatable bonds is 8. The number of ether oxygens (including phenoxy) is 2. The fraction of sp³-hybridized carbons (Fsp3) is 0.632. The average molecular weight is 511 g/mol. The highest BCUT2D eigenvalue weighted by molar-refractivity contribution is 14.0. The molecule has 1 unspecified atom stereocenters. The predicted octanol–water partition coefficient (Wildman–Crippen LogP) is 3.68. The molecule has 1 fully saturated rings. The van der Waals surface area contributed by atoms with Gasteiger partial charge in [-0.25, -0.2) is 4.39 Å². The van der Waals surface area contributed by atoms with E-state index in [1.807, 2.05) is 18.7 Å². The highest BCUT2D eigenvalue weighted by Crippen LogP contribution is 2.34. The Balaban J connectivity index is 0.00000364. The normalized spacial score (nSPS) is 17.6. The highest BCUT2D eigenvalue weighted by atomic mass is 127. The van der Waals surface area contributed by atoms with Crippen molar-refractivity contribution in [3.05, 3.63) is 30.1 Å². The van der Waals surface area contributed by atoms with E-state index in [2.05, 4.69) is 22.5 Å². The first kappa shape index (κ1) is 24.3. The van der Waals surface area contributed by atoms with Gasteiger partial charge in [-0.2, -0.15) is 11.8 Å². The molecule has 1 saturated heterocycles. The standard InChI is InChI=1S/C19H30FN3O2S.HI/c1-4-26-19(9-11-24-12-10-19)14-23-18(21-3)22-13-15(2)25-17-7-5-16(20)6-8-17;/h5-8,15H,4,9-14H2,1-3H3,(H2,21,22,23);1H. The van der Waals surface area contributed by atoms with E-state index in [0.717, 1.165) is 44.3 Å². The number of guanidine groups is 1. The lowest BCUT2D eigenvalue weighted by Crippen LogP contribution is -2.49. The molecule has 1 aliphatic rings. The Morgan fingerprint density at radius 3 is 2.56 bits per heavy atom. The van der Waals surface area contributed by atoms with E-state index >= 15 is 0 Å². The minimum atomic E-state index is -0.264. The van der Waals surface area contributed by atoms with Gasteiger partial charge in [0.2, 0.25) is 0 Å². The molecule has 2 N–H and O–H groups in total. The van der Waals surface area contributed by atoms with Crippen molar-refractivity contribution in [2.45, 2.75) is 37.5 Å². The van der Waals surface area contributed by atoms with E-state index in [4.69, 9.17) is 9.47 Å². The van der Waals surface area contributed by atoms with Crippen LogP contribution in [0.4, 0.5) is 4.39 Å². The van der Waals surface area contributed by atoms with Crippen LogP contribution in [0.3, 0.4) is 0 Å². The Bertz CT molecular complexity index is 563. The van der Waals surface area contributed by atoms with Crippen LogP contribution in [0.25, 0.3) is 0 Å². The van der Waals surface area contributed by atoms with Crippen LogP contribution in [-0.2, 0) is 4.74 Å². The van der Waals surface area contributed by atoms with Crippen LogP contribution in [0, 0.1) is 5.82 Å². The van der Waals surface area contributed by atoms with Gasteiger partial charge in [0.1, 0.15) is 17.7 Å². The lowest BCUT2D eigenvalue weighted by molar-refractivity contribution is 0.0782. The molecular weight excluding hydrogens is 480 g/mol. The number of thioether (sulfide) groups is 1. The van der Waals surface area contributed by atoms with Crippen LogP contribution < -0.4 is 15.4 Å². The van der Waals surface area contributed by atoms with Crippen LogP contribution >= 0.6 is 35.7 Å². The van der Waals surface area contributed by atoms with E-state index in [9.17, 15) is 4.39 Å². The van der Waals surface area contributed by atoms with Crippen molar-refractivity contribution in [1.29, 1.82) is 0 Å². The van der Waals surface area contributed by atoms with Crippen LogP contribution in [0.5, 0.6) is 5.75 Å². The van der Waals surface area contributed by atoms with Crippen molar-refractivity contribution in [2.24, 2.45) is 4.99 Å². The monoisotopic (exact) mass is 511 g/mol. The highest BCUT2D eigenvalue weighted by Gasteiger charge is 2.32. The van der Waals surface area contributed by atoms with Gasteiger partial charge < -0.3 is 20.1 Å². The van der Waals surface area contributed by atoms with Gasteiger partial charge in [-0.05, 0) is 49.8 Å². The largest absolute Gasteiger partial charge is 0.489 e. The maximum Gasteiger partial charge on any atom is 0.191 e. The molecule has 0 aliphatic carbocycles. The maximum absolute atomic E-state index is 12.9. The molecule has 1 aromatic rings. The smallest absolute Gasteiger partial charge is 0.191 e. The van der Waals surface area contributed by atoms with E-state index in [-0.39, 0.29) is 40.6 Å². The summed E-state index contributed by atoms with van der Waals surface area (Å²) in [7, 11) is 1.77. The summed E-state index contributed by atoms with van der Waals surface area (Å²) < 4.78 is 24.5. The Kier molecular flexibility index (Phi) is 11.4. The molecule has 8 heteroatoms. The van der Waals surface area contributed by atoms with E-state index in [1.165, 1.54) is 12.1 Å². The number of aliphatic imine (C=N–C) groups is 1. The first-order valence-electron chi connectivity index (χ1n) is 9.15. The third kappa shape index (κ3) is 8.43. The number of halogens is 2. The minimum absolute atomic E-state index is 0. The van der Waals surface area contributed by atoms with Gasteiger partial charge in [0.25, 0.3) is 0 Å². The van der Waals surface area contributed by atoms with Crippen molar-refractivity contribution in [3.8, 4) is 5.75 Å². The van der Waals surface area contributed by atoms with Gasteiger partial charge in [0.05, 0.1) is 6.54 Å². The Morgan fingerprint density at radius 1 is 1.30 bits per heavy atom. The second-order valence-electron chi connectivity index (χ2n) is 6.42. The molecule has 1 heterocycles. The summed E-state index contributed by atoms with van der Waals surface area (Å²) in [6.45, 7) is 7.28. The van der Waals surface area contributed by atoms with Crippen LogP contribution in [0.15, 0.2) is 29.3 Å². The summed E-state index contributed by atoms with van der Waals surface area (Å²) in [4.78, 5) is 4.30. The van der Waals surface area contributed by atoms with Crippen LogP contribution in [0.1, 0.15) is 26.7 Å². The zero-order valence-electron chi connectivity index (χ0n) is 16.3. The van der Waals surface area contributed by atoms with E-state index in [1.54, 1.807) is 19.2 Å². The van der Waals surface area contributed by atoms with Crippen molar-refractivity contribution in [3.63, 3.8) is 0 Å². The zero-order valence-corrected chi connectivity index (χ0v) is 19.4. The lowest BCUT2D eigenvalue weighted by atomic mass is 9.99. The predicted molar refractivity (Wildman–Crippen MR) is 122 cm³/mol. The number of nitrogens with one attached hydrogen (secondary N) is 2. The minimum Gasteiger partial charge on any atom is -0.489 e. The second-order valence-corrected chi connectivity index (χ2v) is 8.15. The molecule has 0 spiro atoms. The third-order valence-corrected chi connectivity index (χ3v) is 5.82. The summed E-state index contributed by atoms with van der Waals surface area (Å²) in [6, 6.07) is 6.06. The van der Waals surface area contributed by atoms with Gasteiger partial charge in [-0.3, -0.25) is 4.99 Å².